The Morgan fingerprint density at radius 3 is 2.53 bits per heavy atom. The Morgan fingerprint density at radius 1 is 1.40 bits per heavy atom. The SMILES string of the molecule is C=C(C)C(=O)c1ccc(C(=O)OCC)s1. The van der Waals surface area contributed by atoms with Gasteiger partial charge in [-0.2, -0.15) is 0 Å². The van der Waals surface area contributed by atoms with Crippen molar-refractivity contribution in [3.63, 3.8) is 0 Å². The van der Waals surface area contributed by atoms with Gasteiger partial charge in [-0.05, 0) is 31.6 Å². The normalized spacial score (nSPS) is 9.73. The predicted octanol–water partition coefficient (Wildman–Crippen LogP) is 2.68. The summed E-state index contributed by atoms with van der Waals surface area (Å²) < 4.78 is 4.82. The van der Waals surface area contributed by atoms with E-state index in [0.717, 1.165) is 11.3 Å². The van der Waals surface area contributed by atoms with Gasteiger partial charge >= 0.3 is 5.97 Å². The molecule has 80 valence electrons. The second-order valence-electron chi connectivity index (χ2n) is 2.99. The van der Waals surface area contributed by atoms with Crippen molar-refractivity contribution in [3.8, 4) is 0 Å². The molecule has 0 fully saturated rings. The van der Waals surface area contributed by atoms with E-state index in [9.17, 15) is 9.59 Å². The number of rotatable bonds is 4. The van der Waals surface area contributed by atoms with Crippen molar-refractivity contribution in [1.82, 2.24) is 0 Å². The van der Waals surface area contributed by atoms with E-state index in [1.54, 1.807) is 26.0 Å². The molecule has 0 aliphatic heterocycles. The number of ether oxygens (including phenoxy) is 1. The van der Waals surface area contributed by atoms with E-state index in [4.69, 9.17) is 4.74 Å². The molecule has 0 aliphatic carbocycles. The van der Waals surface area contributed by atoms with Gasteiger partial charge in [0.05, 0.1) is 11.5 Å². The lowest BCUT2D eigenvalue weighted by Gasteiger charge is -1.97. The minimum Gasteiger partial charge on any atom is -0.462 e. The number of thiophene rings is 1. The van der Waals surface area contributed by atoms with Crippen LogP contribution in [0.5, 0.6) is 0 Å². The molecule has 0 spiro atoms. The fourth-order valence-electron chi connectivity index (χ4n) is 0.982. The lowest BCUT2D eigenvalue weighted by Crippen LogP contribution is -2.01. The highest BCUT2D eigenvalue weighted by molar-refractivity contribution is 7.16. The molecule has 1 heterocycles. The smallest absolute Gasteiger partial charge is 0.348 e. The van der Waals surface area contributed by atoms with Crippen LogP contribution in [-0.2, 0) is 4.74 Å². The second-order valence-corrected chi connectivity index (χ2v) is 4.08. The highest BCUT2D eigenvalue weighted by Gasteiger charge is 2.14. The number of carbonyl (C=O) groups excluding carboxylic acids is 2. The summed E-state index contributed by atoms with van der Waals surface area (Å²) in [6, 6.07) is 3.22. The largest absolute Gasteiger partial charge is 0.462 e. The Kier molecular flexibility index (Phi) is 3.80. The molecule has 0 atom stereocenters. The number of Topliss-reactive ketones (excluding diaryl/α,β-unsaturated/α-hetero) is 1. The van der Waals surface area contributed by atoms with Crippen LogP contribution in [0.3, 0.4) is 0 Å². The molecule has 1 aromatic rings. The molecule has 0 N–H and O–H groups in total. The molecule has 1 rings (SSSR count). The number of hydrogen-bond acceptors (Lipinski definition) is 4. The molecule has 3 nitrogen and oxygen atoms in total. The van der Waals surface area contributed by atoms with Crippen LogP contribution in [0.2, 0.25) is 0 Å². The summed E-state index contributed by atoms with van der Waals surface area (Å²) in [6.45, 7) is 7.28. The highest BCUT2D eigenvalue weighted by atomic mass is 32.1. The van der Waals surface area contributed by atoms with Gasteiger partial charge in [0.1, 0.15) is 4.88 Å². The third-order valence-corrected chi connectivity index (χ3v) is 2.76. The number of carbonyl (C=O) groups is 2. The summed E-state index contributed by atoms with van der Waals surface area (Å²) in [5.74, 6) is -0.515. The van der Waals surface area contributed by atoms with Gasteiger partial charge in [0.25, 0.3) is 0 Å². The van der Waals surface area contributed by atoms with Crippen LogP contribution in [0.4, 0.5) is 0 Å². The zero-order chi connectivity index (χ0) is 11.4. The molecule has 0 unspecified atom stereocenters. The minimum absolute atomic E-state index is 0.129. The molecule has 0 aromatic carbocycles. The molecule has 4 heteroatoms. The van der Waals surface area contributed by atoms with E-state index in [1.807, 2.05) is 0 Å². The summed E-state index contributed by atoms with van der Waals surface area (Å²) >= 11 is 1.13. The first-order valence-electron chi connectivity index (χ1n) is 4.53. The Labute approximate surface area is 92.4 Å². The Morgan fingerprint density at radius 2 is 2.00 bits per heavy atom. The van der Waals surface area contributed by atoms with Crippen LogP contribution in [0.15, 0.2) is 24.3 Å². The van der Waals surface area contributed by atoms with E-state index >= 15 is 0 Å². The van der Waals surface area contributed by atoms with Gasteiger partial charge in [0.2, 0.25) is 0 Å². The monoisotopic (exact) mass is 224 g/mol. The zero-order valence-electron chi connectivity index (χ0n) is 8.70. The molecule has 0 bridgehead atoms. The van der Waals surface area contributed by atoms with Crippen molar-refractivity contribution in [3.05, 3.63) is 34.0 Å². The number of esters is 1. The fraction of sp³-hybridized carbons (Fsp3) is 0.273. The summed E-state index contributed by atoms with van der Waals surface area (Å²) in [6.07, 6.45) is 0. The van der Waals surface area contributed by atoms with Crippen LogP contribution in [0.1, 0.15) is 33.2 Å². The van der Waals surface area contributed by atoms with Crippen LogP contribution in [-0.4, -0.2) is 18.4 Å². The average molecular weight is 224 g/mol. The van der Waals surface area contributed by atoms with Crippen molar-refractivity contribution >= 4 is 23.1 Å². The van der Waals surface area contributed by atoms with Crippen molar-refractivity contribution in [2.45, 2.75) is 13.8 Å². The van der Waals surface area contributed by atoms with Crippen molar-refractivity contribution in [1.29, 1.82) is 0 Å². The third kappa shape index (κ3) is 2.76. The third-order valence-electron chi connectivity index (χ3n) is 1.69. The van der Waals surface area contributed by atoms with E-state index in [0.29, 0.717) is 21.9 Å². The minimum atomic E-state index is -0.386. The van der Waals surface area contributed by atoms with Gasteiger partial charge in [-0.15, -0.1) is 11.3 Å². The van der Waals surface area contributed by atoms with Gasteiger partial charge in [-0.1, -0.05) is 6.58 Å². The van der Waals surface area contributed by atoms with E-state index in [2.05, 4.69) is 6.58 Å². The van der Waals surface area contributed by atoms with Crippen LogP contribution < -0.4 is 0 Å². The Balaban J connectivity index is 2.85. The lowest BCUT2D eigenvalue weighted by atomic mass is 10.2. The maximum Gasteiger partial charge on any atom is 0.348 e. The highest BCUT2D eigenvalue weighted by Crippen LogP contribution is 2.20. The van der Waals surface area contributed by atoms with Gasteiger partial charge in [-0.25, -0.2) is 4.79 Å². The maximum absolute atomic E-state index is 11.5. The number of hydrogen-bond donors (Lipinski definition) is 0. The Hall–Kier alpha value is -1.42. The molecule has 0 radical (unpaired) electrons. The standard InChI is InChI=1S/C11H12O3S/c1-4-14-11(13)9-6-5-8(15-9)10(12)7(2)3/h5-6H,2,4H2,1,3H3. The Bertz CT molecular complexity index is 404. The van der Waals surface area contributed by atoms with Gasteiger partial charge in [0, 0.05) is 0 Å². The van der Waals surface area contributed by atoms with Crippen molar-refractivity contribution in [2.75, 3.05) is 6.61 Å². The van der Waals surface area contributed by atoms with Crippen LogP contribution >= 0.6 is 11.3 Å². The first-order chi connectivity index (χ1) is 7.06. The maximum atomic E-state index is 11.5. The lowest BCUT2D eigenvalue weighted by molar-refractivity contribution is 0.0532. The summed E-state index contributed by atoms with van der Waals surface area (Å²) in [4.78, 5) is 23.8. The summed E-state index contributed by atoms with van der Waals surface area (Å²) in [7, 11) is 0. The number of allylic oxidation sites excluding steroid dienone is 1. The first-order valence-corrected chi connectivity index (χ1v) is 5.35. The second kappa shape index (κ2) is 4.89. The molecular weight excluding hydrogens is 212 g/mol. The van der Waals surface area contributed by atoms with Gasteiger partial charge < -0.3 is 4.74 Å². The molecule has 0 aliphatic rings. The molecule has 0 amide bonds. The van der Waals surface area contributed by atoms with Crippen molar-refractivity contribution in [2.24, 2.45) is 0 Å². The summed E-state index contributed by atoms with van der Waals surface area (Å²) in [5.41, 5.74) is 0.465. The molecule has 0 saturated carbocycles. The fourth-order valence-corrected chi connectivity index (χ4v) is 1.90. The molecule has 15 heavy (non-hydrogen) atoms. The summed E-state index contributed by atoms with van der Waals surface area (Å²) in [5, 5.41) is 0. The van der Waals surface area contributed by atoms with Crippen LogP contribution in [0.25, 0.3) is 0 Å². The van der Waals surface area contributed by atoms with E-state index < -0.39 is 0 Å². The van der Waals surface area contributed by atoms with E-state index in [-0.39, 0.29) is 11.8 Å². The van der Waals surface area contributed by atoms with E-state index in [1.165, 1.54) is 0 Å². The van der Waals surface area contributed by atoms with Gasteiger partial charge in [0.15, 0.2) is 5.78 Å². The topological polar surface area (TPSA) is 43.4 Å². The van der Waals surface area contributed by atoms with Crippen LogP contribution in [0, 0.1) is 0 Å². The molecule has 0 saturated heterocycles. The average Bonchev–Trinajstić information content (AvgIpc) is 2.65. The quantitative estimate of drug-likeness (QED) is 0.448. The zero-order valence-corrected chi connectivity index (χ0v) is 9.52. The number of ketones is 1. The molecular formula is C11H12O3S. The molecule has 1 aromatic heterocycles. The predicted molar refractivity (Wildman–Crippen MR) is 59.4 cm³/mol. The van der Waals surface area contributed by atoms with Crippen molar-refractivity contribution < 1.29 is 14.3 Å². The van der Waals surface area contributed by atoms with Gasteiger partial charge in [-0.3, -0.25) is 4.79 Å². The first kappa shape index (κ1) is 11.7.